The molecular formula is C12H9BrN6O. The topological polar surface area (TPSA) is 95.6 Å². The van der Waals surface area contributed by atoms with Crippen LogP contribution < -0.4 is 10.6 Å². The number of anilines is 2. The molecule has 0 saturated carbocycles. The Bertz CT molecular complexity index is 771. The lowest BCUT2D eigenvalue weighted by atomic mass is 10.3. The lowest BCUT2D eigenvalue weighted by Gasteiger charge is -2.07. The molecule has 100 valence electrons. The summed E-state index contributed by atoms with van der Waals surface area (Å²) in [4.78, 5) is 26.8. The first-order valence-corrected chi connectivity index (χ1v) is 6.49. The van der Waals surface area contributed by atoms with Crippen molar-refractivity contribution in [1.82, 2.24) is 19.9 Å². The predicted molar refractivity (Wildman–Crippen MR) is 78.5 cm³/mol. The Morgan fingerprint density at radius 2 is 2.10 bits per heavy atom. The number of halogens is 1. The highest BCUT2D eigenvalue weighted by molar-refractivity contribution is 9.10. The number of carbonyl (C=O) groups is 1. The van der Waals surface area contributed by atoms with E-state index in [1.807, 2.05) is 12.1 Å². The van der Waals surface area contributed by atoms with Gasteiger partial charge in [0.1, 0.15) is 11.8 Å². The van der Waals surface area contributed by atoms with Gasteiger partial charge in [0.05, 0.1) is 6.33 Å². The molecule has 0 atom stereocenters. The van der Waals surface area contributed by atoms with E-state index in [4.69, 9.17) is 0 Å². The van der Waals surface area contributed by atoms with Gasteiger partial charge < -0.3 is 10.3 Å². The first-order valence-electron chi connectivity index (χ1n) is 5.70. The maximum Gasteiger partial charge on any atom is 0.324 e. The summed E-state index contributed by atoms with van der Waals surface area (Å²) in [5.41, 5.74) is 1.75. The Balaban J connectivity index is 1.77. The van der Waals surface area contributed by atoms with E-state index in [0.29, 0.717) is 22.7 Å². The average molecular weight is 333 g/mol. The first-order chi connectivity index (χ1) is 9.72. The molecule has 2 aromatic heterocycles. The molecule has 3 N–H and O–H groups in total. The van der Waals surface area contributed by atoms with Crippen molar-refractivity contribution in [3.8, 4) is 0 Å². The number of fused-ring (bicyclic) bond motifs is 1. The minimum absolute atomic E-state index is 0.375. The molecule has 3 rings (SSSR count). The number of imidazole rings is 1. The van der Waals surface area contributed by atoms with E-state index in [1.165, 1.54) is 12.7 Å². The van der Waals surface area contributed by atoms with E-state index < -0.39 is 6.03 Å². The molecule has 3 aromatic rings. The number of rotatable bonds is 2. The zero-order chi connectivity index (χ0) is 13.9. The van der Waals surface area contributed by atoms with Crippen molar-refractivity contribution in [2.75, 3.05) is 10.6 Å². The Morgan fingerprint density at radius 1 is 1.20 bits per heavy atom. The molecule has 0 unspecified atom stereocenters. The van der Waals surface area contributed by atoms with Gasteiger partial charge in [0.15, 0.2) is 11.5 Å². The number of carbonyl (C=O) groups excluding carboxylic acids is 1. The van der Waals surface area contributed by atoms with E-state index >= 15 is 0 Å². The van der Waals surface area contributed by atoms with Crippen molar-refractivity contribution in [3.63, 3.8) is 0 Å². The SMILES string of the molecule is O=C(Nc1cccc(Br)c1)Nc1ncnc2nc[nH]c12. The molecule has 0 aliphatic rings. The van der Waals surface area contributed by atoms with Crippen molar-refractivity contribution in [1.29, 1.82) is 0 Å². The molecule has 0 aliphatic heterocycles. The molecule has 7 nitrogen and oxygen atoms in total. The van der Waals surface area contributed by atoms with Gasteiger partial charge in [-0.25, -0.2) is 19.7 Å². The molecule has 20 heavy (non-hydrogen) atoms. The van der Waals surface area contributed by atoms with Crippen LogP contribution in [0.1, 0.15) is 0 Å². The van der Waals surface area contributed by atoms with Gasteiger partial charge in [-0.05, 0) is 18.2 Å². The maximum atomic E-state index is 11.9. The van der Waals surface area contributed by atoms with Crippen LogP contribution in [0.2, 0.25) is 0 Å². The number of nitrogens with zero attached hydrogens (tertiary/aromatic N) is 3. The van der Waals surface area contributed by atoms with E-state index in [0.717, 1.165) is 4.47 Å². The van der Waals surface area contributed by atoms with Gasteiger partial charge in [-0.3, -0.25) is 5.32 Å². The number of urea groups is 1. The van der Waals surface area contributed by atoms with Gasteiger partial charge in [-0.15, -0.1) is 0 Å². The Labute approximate surface area is 122 Å². The fraction of sp³-hybridized carbons (Fsp3) is 0. The first kappa shape index (κ1) is 12.5. The third kappa shape index (κ3) is 2.59. The summed E-state index contributed by atoms with van der Waals surface area (Å²) < 4.78 is 0.883. The van der Waals surface area contributed by atoms with Crippen LogP contribution in [0.4, 0.5) is 16.3 Å². The monoisotopic (exact) mass is 332 g/mol. The quantitative estimate of drug-likeness (QED) is 0.672. The van der Waals surface area contributed by atoms with Crippen LogP contribution in [0.5, 0.6) is 0 Å². The van der Waals surface area contributed by atoms with Crippen molar-refractivity contribution in [2.45, 2.75) is 0 Å². The minimum atomic E-state index is -0.391. The number of amides is 2. The van der Waals surface area contributed by atoms with Gasteiger partial charge in [0.25, 0.3) is 0 Å². The average Bonchev–Trinajstić information content (AvgIpc) is 2.88. The van der Waals surface area contributed by atoms with Crippen LogP contribution >= 0.6 is 15.9 Å². The van der Waals surface area contributed by atoms with Gasteiger partial charge in [0.2, 0.25) is 0 Å². The van der Waals surface area contributed by atoms with Gasteiger partial charge in [-0.1, -0.05) is 22.0 Å². The van der Waals surface area contributed by atoms with Crippen LogP contribution in [0.15, 0.2) is 41.4 Å². The molecule has 0 aliphatic carbocycles. The van der Waals surface area contributed by atoms with Gasteiger partial charge in [0, 0.05) is 10.2 Å². The summed E-state index contributed by atoms with van der Waals surface area (Å²) in [5, 5.41) is 5.36. The highest BCUT2D eigenvalue weighted by Gasteiger charge is 2.09. The van der Waals surface area contributed by atoms with Crippen LogP contribution in [0.3, 0.4) is 0 Å². The minimum Gasteiger partial charge on any atom is -0.340 e. The van der Waals surface area contributed by atoms with Gasteiger partial charge >= 0.3 is 6.03 Å². The number of nitrogens with one attached hydrogen (secondary N) is 3. The van der Waals surface area contributed by atoms with Crippen LogP contribution in [0.25, 0.3) is 11.2 Å². The normalized spacial score (nSPS) is 10.4. The zero-order valence-corrected chi connectivity index (χ0v) is 11.7. The van der Waals surface area contributed by atoms with Crippen molar-refractivity contribution in [3.05, 3.63) is 41.4 Å². The molecule has 8 heteroatoms. The third-order valence-corrected chi connectivity index (χ3v) is 3.03. The standard InChI is InChI=1S/C12H9BrN6O/c13-7-2-1-3-8(4-7)18-12(20)19-11-9-10(15-5-14-9)16-6-17-11/h1-6H,(H3,14,15,16,17,18,19,20). The number of benzene rings is 1. The fourth-order valence-corrected chi connectivity index (χ4v) is 2.10. The lowest BCUT2D eigenvalue weighted by molar-refractivity contribution is 0.262. The number of aromatic nitrogens is 4. The van der Waals surface area contributed by atoms with E-state index in [1.54, 1.807) is 12.1 Å². The molecular weight excluding hydrogens is 324 g/mol. The van der Waals surface area contributed by atoms with Gasteiger partial charge in [-0.2, -0.15) is 0 Å². The smallest absolute Gasteiger partial charge is 0.324 e. The summed E-state index contributed by atoms with van der Waals surface area (Å²) in [7, 11) is 0. The second kappa shape index (κ2) is 5.25. The number of aromatic amines is 1. The molecule has 1 aromatic carbocycles. The second-order valence-electron chi connectivity index (χ2n) is 3.91. The van der Waals surface area contributed by atoms with E-state index in [-0.39, 0.29) is 0 Å². The zero-order valence-electron chi connectivity index (χ0n) is 10.1. The summed E-state index contributed by atoms with van der Waals surface area (Å²) in [6, 6.07) is 6.90. The van der Waals surface area contributed by atoms with Crippen LogP contribution in [-0.4, -0.2) is 26.0 Å². The Morgan fingerprint density at radius 3 is 2.95 bits per heavy atom. The van der Waals surface area contributed by atoms with E-state index in [9.17, 15) is 4.79 Å². The highest BCUT2D eigenvalue weighted by atomic mass is 79.9. The van der Waals surface area contributed by atoms with Crippen LogP contribution in [0, 0.1) is 0 Å². The Hall–Kier alpha value is -2.48. The number of hydrogen-bond donors (Lipinski definition) is 3. The molecule has 0 saturated heterocycles. The second-order valence-corrected chi connectivity index (χ2v) is 4.83. The molecule has 0 spiro atoms. The number of H-pyrrole nitrogens is 1. The summed E-state index contributed by atoms with van der Waals surface area (Å²) >= 11 is 3.34. The van der Waals surface area contributed by atoms with Crippen molar-refractivity contribution >= 4 is 44.6 Å². The van der Waals surface area contributed by atoms with Crippen molar-refractivity contribution < 1.29 is 4.79 Å². The van der Waals surface area contributed by atoms with Crippen LogP contribution in [-0.2, 0) is 0 Å². The predicted octanol–water partition coefficient (Wildman–Crippen LogP) is 2.76. The molecule has 0 bridgehead atoms. The Kier molecular flexibility index (Phi) is 3.30. The number of hydrogen-bond acceptors (Lipinski definition) is 4. The fourth-order valence-electron chi connectivity index (χ4n) is 1.70. The summed E-state index contributed by atoms with van der Waals surface area (Å²) in [5.74, 6) is 0.375. The molecule has 0 fully saturated rings. The molecule has 0 radical (unpaired) electrons. The lowest BCUT2D eigenvalue weighted by Crippen LogP contribution is -2.20. The summed E-state index contributed by atoms with van der Waals surface area (Å²) in [6.07, 6.45) is 2.84. The van der Waals surface area contributed by atoms with E-state index in [2.05, 4.69) is 46.5 Å². The molecule has 2 amide bonds. The summed E-state index contributed by atoms with van der Waals surface area (Å²) in [6.45, 7) is 0. The third-order valence-electron chi connectivity index (χ3n) is 2.54. The largest absolute Gasteiger partial charge is 0.340 e. The highest BCUT2D eigenvalue weighted by Crippen LogP contribution is 2.17. The molecule has 2 heterocycles. The maximum absolute atomic E-state index is 11.9. The van der Waals surface area contributed by atoms with Crippen molar-refractivity contribution in [2.24, 2.45) is 0 Å².